The van der Waals surface area contributed by atoms with Gasteiger partial charge in [-0.3, -0.25) is 4.79 Å². The molecule has 0 saturated heterocycles. The topological polar surface area (TPSA) is 47.6 Å². The highest BCUT2D eigenvalue weighted by molar-refractivity contribution is 5.72. The zero-order valence-electron chi connectivity index (χ0n) is 9.55. The van der Waals surface area contributed by atoms with E-state index in [1.807, 2.05) is 20.8 Å². The Morgan fingerprint density at radius 3 is 2.50 bits per heavy atom. The van der Waals surface area contributed by atoms with Crippen molar-refractivity contribution in [1.82, 2.24) is 5.32 Å². The Morgan fingerprint density at radius 2 is 2.00 bits per heavy atom. The van der Waals surface area contributed by atoms with Crippen molar-refractivity contribution in [3.8, 4) is 0 Å². The van der Waals surface area contributed by atoms with Gasteiger partial charge in [-0.05, 0) is 33.7 Å². The quantitative estimate of drug-likeness (QED) is 0.516. The zero-order valence-corrected chi connectivity index (χ0v) is 9.55. The standard InChI is InChI=1S/C10H21NO3/c1-10(2,3)14-9(12)8-11-6-5-7-13-4/h11H,5-8H2,1-4H3. The van der Waals surface area contributed by atoms with Crippen molar-refractivity contribution in [2.75, 3.05) is 26.8 Å². The first-order valence-electron chi connectivity index (χ1n) is 4.87. The molecule has 84 valence electrons. The van der Waals surface area contributed by atoms with E-state index in [-0.39, 0.29) is 12.5 Å². The van der Waals surface area contributed by atoms with Crippen LogP contribution in [0.4, 0.5) is 0 Å². The van der Waals surface area contributed by atoms with Crippen LogP contribution in [-0.2, 0) is 14.3 Å². The van der Waals surface area contributed by atoms with Crippen LogP contribution in [0.3, 0.4) is 0 Å². The second kappa shape index (κ2) is 6.79. The van der Waals surface area contributed by atoms with E-state index in [4.69, 9.17) is 9.47 Å². The van der Waals surface area contributed by atoms with Crippen molar-refractivity contribution in [1.29, 1.82) is 0 Å². The fraction of sp³-hybridized carbons (Fsp3) is 0.900. The highest BCUT2D eigenvalue weighted by Gasteiger charge is 2.15. The molecule has 0 aromatic rings. The van der Waals surface area contributed by atoms with Gasteiger partial charge in [-0.2, -0.15) is 0 Å². The van der Waals surface area contributed by atoms with Crippen LogP contribution in [0.2, 0.25) is 0 Å². The van der Waals surface area contributed by atoms with Gasteiger partial charge in [-0.15, -0.1) is 0 Å². The van der Waals surface area contributed by atoms with E-state index >= 15 is 0 Å². The molecule has 0 aromatic heterocycles. The molecule has 0 unspecified atom stereocenters. The molecule has 0 rings (SSSR count). The molecule has 0 heterocycles. The Balaban J connectivity index is 3.36. The Labute approximate surface area is 86.0 Å². The van der Waals surface area contributed by atoms with Crippen molar-refractivity contribution in [2.24, 2.45) is 0 Å². The van der Waals surface area contributed by atoms with Gasteiger partial charge in [0.15, 0.2) is 0 Å². The molecule has 0 aliphatic heterocycles. The second-order valence-corrected chi connectivity index (χ2v) is 4.11. The molecule has 0 atom stereocenters. The summed E-state index contributed by atoms with van der Waals surface area (Å²) in [4.78, 5) is 11.2. The van der Waals surface area contributed by atoms with Gasteiger partial charge in [0.05, 0.1) is 6.54 Å². The summed E-state index contributed by atoms with van der Waals surface area (Å²) in [7, 11) is 1.66. The van der Waals surface area contributed by atoms with Gasteiger partial charge >= 0.3 is 5.97 Å². The average Bonchev–Trinajstić information content (AvgIpc) is 2.00. The minimum Gasteiger partial charge on any atom is -0.459 e. The minimum absolute atomic E-state index is 0.213. The summed E-state index contributed by atoms with van der Waals surface area (Å²) in [6.07, 6.45) is 0.902. The summed E-state index contributed by atoms with van der Waals surface area (Å²) in [5.41, 5.74) is -0.398. The van der Waals surface area contributed by atoms with Gasteiger partial charge in [0, 0.05) is 13.7 Å². The Bertz CT molecular complexity index is 163. The normalized spacial score (nSPS) is 11.4. The number of carbonyl (C=O) groups excluding carboxylic acids is 1. The first kappa shape index (κ1) is 13.4. The van der Waals surface area contributed by atoms with Crippen LogP contribution in [0.5, 0.6) is 0 Å². The molecule has 4 heteroatoms. The third-order valence-electron chi connectivity index (χ3n) is 1.39. The fourth-order valence-corrected chi connectivity index (χ4v) is 0.910. The lowest BCUT2D eigenvalue weighted by Crippen LogP contribution is -2.32. The van der Waals surface area contributed by atoms with Crippen molar-refractivity contribution in [3.05, 3.63) is 0 Å². The van der Waals surface area contributed by atoms with Crippen LogP contribution < -0.4 is 5.32 Å². The molecule has 0 amide bonds. The number of carbonyl (C=O) groups is 1. The maximum atomic E-state index is 11.2. The number of methoxy groups -OCH3 is 1. The maximum absolute atomic E-state index is 11.2. The Morgan fingerprint density at radius 1 is 1.36 bits per heavy atom. The Kier molecular flexibility index (Phi) is 6.49. The monoisotopic (exact) mass is 203 g/mol. The molecule has 0 bridgehead atoms. The number of hydrogen-bond donors (Lipinski definition) is 1. The van der Waals surface area contributed by atoms with Crippen LogP contribution in [0, 0.1) is 0 Å². The second-order valence-electron chi connectivity index (χ2n) is 4.11. The number of nitrogens with one attached hydrogen (secondary N) is 1. The van der Waals surface area contributed by atoms with Crippen molar-refractivity contribution >= 4 is 5.97 Å². The molecule has 0 fully saturated rings. The van der Waals surface area contributed by atoms with E-state index in [9.17, 15) is 4.79 Å². The smallest absolute Gasteiger partial charge is 0.320 e. The van der Waals surface area contributed by atoms with E-state index in [0.717, 1.165) is 13.0 Å². The van der Waals surface area contributed by atoms with E-state index in [1.54, 1.807) is 7.11 Å². The van der Waals surface area contributed by atoms with Crippen molar-refractivity contribution in [3.63, 3.8) is 0 Å². The van der Waals surface area contributed by atoms with Crippen LogP contribution in [0.1, 0.15) is 27.2 Å². The molecule has 4 nitrogen and oxygen atoms in total. The highest BCUT2D eigenvalue weighted by Crippen LogP contribution is 2.05. The van der Waals surface area contributed by atoms with Crippen LogP contribution >= 0.6 is 0 Å². The molecule has 0 spiro atoms. The summed E-state index contributed by atoms with van der Waals surface area (Å²) >= 11 is 0. The largest absolute Gasteiger partial charge is 0.459 e. The third-order valence-corrected chi connectivity index (χ3v) is 1.39. The first-order chi connectivity index (χ1) is 6.45. The first-order valence-corrected chi connectivity index (χ1v) is 4.87. The lowest BCUT2D eigenvalue weighted by molar-refractivity contribution is -0.153. The van der Waals surface area contributed by atoms with Gasteiger partial charge in [-0.25, -0.2) is 0 Å². The van der Waals surface area contributed by atoms with Crippen molar-refractivity contribution < 1.29 is 14.3 Å². The lowest BCUT2D eigenvalue weighted by Gasteiger charge is -2.19. The predicted molar refractivity (Wildman–Crippen MR) is 55.2 cm³/mol. The molecule has 0 aromatic carbocycles. The highest BCUT2D eigenvalue weighted by atomic mass is 16.6. The maximum Gasteiger partial charge on any atom is 0.320 e. The summed E-state index contributed by atoms with van der Waals surface area (Å²) in [6, 6.07) is 0. The van der Waals surface area contributed by atoms with Gasteiger partial charge < -0.3 is 14.8 Å². The number of rotatable bonds is 6. The number of esters is 1. The van der Waals surface area contributed by atoms with Gasteiger partial charge in [0.2, 0.25) is 0 Å². The Hall–Kier alpha value is -0.610. The lowest BCUT2D eigenvalue weighted by atomic mass is 10.2. The summed E-state index contributed by atoms with van der Waals surface area (Å²) < 4.78 is 9.98. The molecular weight excluding hydrogens is 182 g/mol. The average molecular weight is 203 g/mol. The van der Waals surface area contributed by atoms with E-state index in [0.29, 0.717) is 6.61 Å². The molecule has 1 N–H and O–H groups in total. The van der Waals surface area contributed by atoms with Gasteiger partial charge in [-0.1, -0.05) is 0 Å². The number of ether oxygens (including phenoxy) is 2. The molecule has 0 aliphatic carbocycles. The van der Waals surface area contributed by atoms with Crippen molar-refractivity contribution in [2.45, 2.75) is 32.8 Å². The molecular formula is C10H21NO3. The summed E-state index contributed by atoms with van der Waals surface area (Å²) in [6.45, 7) is 7.32. The van der Waals surface area contributed by atoms with Gasteiger partial charge in [0.1, 0.15) is 5.60 Å². The summed E-state index contributed by atoms with van der Waals surface area (Å²) in [5.74, 6) is -0.213. The summed E-state index contributed by atoms with van der Waals surface area (Å²) in [5, 5.41) is 2.99. The SMILES string of the molecule is COCCCNCC(=O)OC(C)(C)C. The van der Waals surface area contributed by atoms with Gasteiger partial charge in [0.25, 0.3) is 0 Å². The molecule has 0 radical (unpaired) electrons. The van der Waals surface area contributed by atoms with E-state index < -0.39 is 5.60 Å². The minimum atomic E-state index is -0.398. The van der Waals surface area contributed by atoms with Crippen LogP contribution in [0.25, 0.3) is 0 Å². The molecule has 0 aliphatic rings. The molecule has 0 saturated carbocycles. The fourth-order valence-electron chi connectivity index (χ4n) is 0.910. The number of hydrogen-bond acceptors (Lipinski definition) is 4. The molecule has 14 heavy (non-hydrogen) atoms. The predicted octanol–water partition coefficient (Wildman–Crippen LogP) is 0.954. The van der Waals surface area contributed by atoms with Crippen LogP contribution in [0.15, 0.2) is 0 Å². The third kappa shape index (κ3) is 9.48. The zero-order chi connectivity index (χ0) is 11.0. The van der Waals surface area contributed by atoms with E-state index in [1.165, 1.54) is 0 Å². The van der Waals surface area contributed by atoms with Crippen LogP contribution in [-0.4, -0.2) is 38.4 Å². The van der Waals surface area contributed by atoms with E-state index in [2.05, 4.69) is 5.32 Å².